The van der Waals surface area contributed by atoms with Gasteiger partial charge in [0.05, 0.1) is 15.7 Å². The summed E-state index contributed by atoms with van der Waals surface area (Å²) in [5, 5.41) is 12.8. The van der Waals surface area contributed by atoms with Gasteiger partial charge in [0.15, 0.2) is 5.82 Å². The number of hydrogen-bond acceptors (Lipinski definition) is 4. The maximum Gasteiger partial charge on any atom is 0.188 e. The standard InChI is InChI=1S/C14H11Cl2N5/c1-8-2-5-13(12(16)6-8)21-14(18-19-20-21)10-7-9(17)3-4-11(10)15/h2-7H,17H2,1H3. The molecule has 0 fully saturated rings. The molecule has 0 aliphatic rings. The molecule has 1 aromatic heterocycles. The van der Waals surface area contributed by atoms with Crippen molar-refractivity contribution in [3.8, 4) is 17.1 Å². The summed E-state index contributed by atoms with van der Waals surface area (Å²) in [6, 6.07) is 10.8. The highest BCUT2D eigenvalue weighted by Gasteiger charge is 2.16. The van der Waals surface area contributed by atoms with Gasteiger partial charge in [-0.1, -0.05) is 29.3 Å². The maximum absolute atomic E-state index is 6.28. The van der Waals surface area contributed by atoms with Gasteiger partial charge in [-0.2, -0.15) is 4.68 Å². The lowest BCUT2D eigenvalue weighted by Crippen LogP contribution is -2.01. The van der Waals surface area contributed by atoms with Gasteiger partial charge in [0.1, 0.15) is 0 Å². The Morgan fingerprint density at radius 1 is 1.05 bits per heavy atom. The van der Waals surface area contributed by atoms with E-state index in [1.807, 2.05) is 25.1 Å². The van der Waals surface area contributed by atoms with Crippen molar-refractivity contribution in [1.29, 1.82) is 0 Å². The van der Waals surface area contributed by atoms with Crippen LogP contribution in [0, 0.1) is 6.92 Å². The molecule has 0 radical (unpaired) electrons. The molecule has 3 aromatic rings. The SMILES string of the molecule is Cc1ccc(-n2nnnc2-c2cc(N)ccc2Cl)c(Cl)c1. The lowest BCUT2D eigenvalue weighted by Gasteiger charge is -2.09. The number of benzene rings is 2. The Morgan fingerprint density at radius 3 is 2.62 bits per heavy atom. The van der Waals surface area contributed by atoms with E-state index in [4.69, 9.17) is 28.9 Å². The smallest absolute Gasteiger partial charge is 0.188 e. The minimum atomic E-state index is 0.484. The number of rotatable bonds is 2. The van der Waals surface area contributed by atoms with Crippen molar-refractivity contribution in [2.75, 3.05) is 5.73 Å². The fraction of sp³-hybridized carbons (Fsp3) is 0.0714. The number of nitrogen functional groups attached to an aromatic ring is 1. The molecule has 2 N–H and O–H groups in total. The molecule has 21 heavy (non-hydrogen) atoms. The molecular weight excluding hydrogens is 309 g/mol. The molecule has 0 saturated heterocycles. The van der Waals surface area contributed by atoms with E-state index in [1.54, 1.807) is 22.9 Å². The van der Waals surface area contributed by atoms with Crippen molar-refractivity contribution in [2.45, 2.75) is 6.92 Å². The summed E-state index contributed by atoms with van der Waals surface area (Å²) >= 11 is 12.5. The molecule has 106 valence electrons. The van der Waals surface area contributed by atoms with Crippen LogP contribution in [0.25, 0.3) is 17.1 Å². The fourth-order valence-corrected chi connectivity index (χ4v) is 2.53. The third-order valence-corrected chi connectivity index (χ3v) is 3.66. The van der Waals surface area contributed by atoms with Crippen LogP contribution in [0.15, 0.2) is 36.4 Å². The van der Waals surface area contributed by atoms with Gasteiger partial charge in [0.2, 0.25) is 0 Å². The summed E-state index contributed by atoms with van der Waals surface area (Å²) in [7, 11) is 0. The van der Waals surface area contributed by atoms with E-state index in [1.165, 1.54) is 0 Å². The Bertz CT molecular complexity index is 813. The summed E-state index contributed by atoms with van der Waals surface area (Å²) in [4.78, 5) is 0. The number of anilines is 1. The van der Waals surface area contributed by atoms with E-state index in [-0.39, 0.29) is 0 Å². The van der Waals surface area contributed by atoms with Crippen LogP contribution in [-0.4, -0.2) is 20.2 Å². The largest absolute Gasteiger partial charge is 0.399 e. The molecule has 2 aromatic carbocycles. The minimum Gasteiger partial charge on any atom is -0.399 e. The highest BCUT2D eigenvalue weighted by Crippen LogP contribution is 2.31. The second-order valence-corrected chi connectivity index (χ2v) is 5.42. The molecule has 0 spiro atoms. The Kier molecular flexibility index (Phi) is 3.53. The molecule has 0 saturated carbocycles. The van der Waals surface area contributed by atoms with Crippen LogP contribution in [0.2, 0.25) is 10.0 Å². The van der Waals surface area contributed by atoms with Crippen LogP contribution in [0.5, 0.6) is 0 Å². The van der Waals surface area contributed by atoms with Gasteiger partial charge in [-0.25, -0.2) is 0 Å². The average molecular weight is 320 g/mol. The number of tetrazole rings is 1. The molecule has 5 nitrogen and oxygen atoms in total. The predicted octanol–water partition coefficient (Wildman–Crippen LogP) is 3.53. The molecule has 7 heteroatoms. The molecule has 0 aliphatic heterocycles. The van der Waals surface area contributed by atoms with E-state index >= 15 is 0 Å². The van der Waals surface area contributed by atoms with Crippen molar-refractivity contribution in [1.82, 2.24) is 20.2 Å². The summed E-state index contributed by atoms with van der Waals surface area (Å²) in [5.74, 6) is 0.484. The third-order valence-electron chi connectivity index (χ3n) is 3.03. The summed E-state index contributed by atoms with van der Waals surface area (Å²) in [5.41, 5.74) is 8.78. The number of aromatic nitrogens is 4. The normalized spacial score (nSPS) is 10.8. The van der Waals surface area contributed by atoms with Crippen LogP contribution >= 0.6 is 23.2 Å². The van der Waals surface area contributed by atoms with Crippen molar-refractivity contribution < 1.29 is 0 Å². The van der Waals surface area contributed by atoms with Crippen molar-refractivity contribution in [3.63, 3.8) is 0 Å². The van der Waals surface area contributed by atoms with Gasteiger partial charge >= 0.3 is 0 Å². The lowest BCUT2D eigenvalue weighted by atomic mass is 10.1. The van der Waals surface area contributed by atoms with E-state index in [9.17, 15) is 0 Å². The monoisotopic (exact) mass is 319 g/mol. The molecular formula is C14H11Cl2N5. The molecule has 0 bridgehead atoms. The first-order valence-corrected chi connectivity index (χ1v) is 6.92. The zero-order valence-electron chi connectivity index (χ0n) is 11.1. The van der Waals surface area contributed by atoms with Crippen LogP contribution in [0.3, 0.4) is 0 Å². The Morgan fingerprint density at radius 2 is 1.86 bits per heavy atom. The number of aryl methyl sites for hydroxylation is 1. The Balaban J connectivity index is 2.19. The quantitative estimate of drug-likeness (QED) is 0.733. The predicted molar refractivity (Wildman–Crippen MR) is 83.8 cm³/mol. The lowest BCUT2D eigenvalue weighted by molar-refractivity contribution is 0.791. The minimum absolute atomic E-state index is 0.484. The first kappa shape index (κ1) is 13.9. The highest BCUT2D eigenvalue weighted by molar-refractivity contribution is 6.33. The van der Waals surface area contributed by atoms with E-state index in [2.05, 4.69) is 15.5 Å². The first-order valence-electron chi connectivity index (χ1n) is 6.16. The zero-order chi connectivity index (χ0) is 15.0. The number of nitrogens with two attached hydrogens (primary N) is 1. The van der Waals surface area contributed by atoms with Gasteiger partial charge in [-0.05, 0) is 53.2 Å². The second kappa shape index (κ2) is 5.35. The third kappa shape index (κ3) is 2.57. The zero-order valence-corrected chi connectivity index (χ0v) is 12.6. The molecule has 0 atom stereocenters. The van der Waals surface area contributed by atoms with E-state index in [0.29, 0.717) is 32.8 Å². The van der Waals surface area contributed by atoms with Gasteiger partial charge in [-0.3, -0.25) is 0 Å². The molecule has 0 amide bonds. The van der Waals surface area contributed by atoms with E-state index in [0.717, 1.165) is 5.56 Å². The Hall–Kier alpha value is -2.11. The molecule has 3 rings (SSSR count). The van der Waals surface area contributed by atoms with E-state index < -0.39 is 0 Å². The van der Waals surface area contributed by atoms with Crippen molar-refractivity contribution in [3.05, 3.63) is 52.0 Å². The van der Waals surface area contributed by atoms with Crippen LogP contribution in [0.1, 0.15) is 5.56 Å². The van der Waals surface area contributed by atoms with Crippen LogP contribution in [-0.2, 0) is 0 Å². The van der Waals surface area contributed by atoms with Gasteiger partial charge in [-0.15, -0.1) is 5.10 Å². The van der Waals surface area contributed by atoms with Gasteiger partial charge in [0.25, 0.3) is 0 Å². The average Bonchev–Trinajstić information content (AvgIpc) is 2.90. The maximum atomic E-state index is 6.28. The van der Waals surface area contributed by atoms with Crippen LogP contribution < -0.4 is 5.73 Å². The number of halogens is 2. The molecule has 1 heterocycles. The van der Waals surface area contributed by atoms with Crippen molar-refractivity contribution in [2.24, 2.45) is 0 Å². The Labute approximate surface area is 131 Å². The van der Waals surface area contributed by atoms with Crippen LogP contribution in [0.4, 0.5) is 5.69 Å². The molecule has 0 aliphatic carbocycles. The molecule has 0 unspecified atom stereocenters. The number of hydrogen-bond donors (Lipinski definition) is 1. The highest BCUT2D eigenvalue weighted by atomic mass is 35.5. The number of nitrogens with zero attached hydrogens (tertiary/aromatic N) is 4. The fourth-order valence-electron chi connectivity index (χ4n) is 2.02. The van der Waals surface area contributed by atoms with Gasteiger partial charge < -0.3 is 5.73 Å². The van der Waals surface area contributed by atoms with Gasteiger partial charge in [0, 0.05) is 11.3 Å². The summed E-state index contributed by atoms with van der Waals surface area (Å²) in [6.07, 6.45) is 0. The first-order chi connectivity index (χ1) is 10.1. The second-order valence-electron chi connectivity index (χ2n) is 4.61. The van der Waals surface area contributed by atoms with Crippen molar-refractivity contribution >= 4 is 28.9 Å². The topological polar surface area (TPSA) is 69.6 Å². The summed E-state index contributed by atoms with van der Waals surface area (Å²) in [6.45, 7) is 1.96. The summed E-state index contributed by atoms with van der Waals surface area (Å²) < 4.78 is 1.54.